The summed E-state index contributed by atoms with van der Waals surface area (Å²) >= 11 is 14.8. The van der Waals surface area contributed by atoms with Crippen molar-refractivity contribution in [3.8, 4) is 0 Å². The number of aromatic nitrogens is 2. The standard InChI is InChI=1S/C24H25ClIN5OS/c1-12(2)23(32)29-17-9-8-15(11-16(17)25)31-22(19-13(3)28-14(4)20(19)26)21(30-24(31)33)18-7-5-6-10-27-18/h5-12,21-22,28H,1-4H3,(H,29,32)(H,30,33)/t21-,22+/m1/s1. The van der Waals surface area contributed by atoms with Crippen molar-refractivity contribution in [2.45, 2.75) is 39.8 Å². The lowest BCUT2D eigenvalue weighted by molar-refractivity contribution is -0.118. The molecule has 2 aromatic heterocycles. The van der Waals surface area contributed by atoms with Crippen LogP contribution in [-0.4, -0.2) is 21.0 Å². The Labute approximate surface area is 217 Å². The zero-order chi connectivity index (χ0) is 23.9. The minimum atomic E-state index is -0.139. The number of aromatic amines is 1. The Morgan fingerprint density at radius 2 is 2.00 bits per heavy atom. The van der Waals surface area contributed by atoms with Crippen molar-refractivity contribution in [2.75, 3.05) is 10.2 Å². The van der Waals surface area contributed by atoms with Gasteiger partial charge in [0.25, 0.3) is 0 Å². The van der Waals surface area contributed by atoms with Gasteiger partial charge in [-0.3, -0.25) is 9.78 Å². The number of hydrogen-bond acceptors (Lipinski definition) is 3. The third kappa shape index (κ3) is 4.61. The van der Waals surface area contributed by atoms with Crippen LogP contribution in [0.3, 0.4) is 0 Å². The van der Waals surface area contributed by atoms with E-state index in [1.165, 1.54) is 9.13 Å². The van der Waals surface area contributed by atoms with Gasteiger partial charge in [0.15, 0.2) is 5.11 Å². The van der Waals surface area contributed by atoms with Gasteiger partial charge in [-0.05, 0) is 79.0 Å². The van der Waals surface area contributed by atoms with Crippen molar-refractivity contribution in [1.29, 1.82) is 0 Å². The van der Waals surface area contributed by atoms with Crippen LogP contribution in [0.4, 0.5) is 11.4 Å². The largest absolute Gasteiger partial charge is 0.362 e. The number of halogens is 2. The molecule has 33 heavy (non-hydrogen) atoms. The molecule has 9 heteroatoms. The van der Waals surface area contributed by atoms with Crippen LogP contribution in [0.1, 0.15) is 48.6 Å². The Bertz CT molecular complexity index is 1210. The first-order valence-corrected chi connectivity index (χ1v) is 12.5. The monoisotopic (exact) mass is 593 g/mol. The molecule has 0 saturated carbocycles. The zero-order valence-corrected chi connectivity index (χ0v) is 22.5. The highest BCUT2D eigenvalue weighted by Crippen LogP contribution is 2.45. The molecular weight excluding hydrogens is 569 g/mol. The number of carbonyl (C=O) groups is 1. The Kier molecular flexibility index (Phi) is 6.97. The van der Waals surface area contributed by atoms with Gasteiger partial charge in [-0.15, -0.1) is 0 Å². The smallest absolute Gasteiger partial charge is 0.226 e. The van der Waals surface area contributed by atoms with E-state index in [1.54, 1.807) is 6.20 Å². The van der Waals surface area contributed by atoms with Crippen LogP contribution in [0, 0.1) is 23.3 Å². The van der Waals surface area contributed by atoms with Crippen molar-refractivity contribution in [2.24, 2.45) is 5.92 Å². The molecule has 172 valence electrons. The summed E-state index contributed by atoms with van der Waals surface area (Å²) in [6.45, 7) is 7.84. The number of amides is 1. The number of aryl methyl sites for hydroxylation is 2. The summed E-state index contributed by atoms with van der Waals surface area (Å²) < 4.78 is 1.17. The summed E-state index contributed by atoms with van der Waals surface area (Å²) in [6, 6.07) is 11.2. The average molecular weight is 594 g/mol. The van der Waals surface area contributed by atoms with Gasteiger partial charge >= 0.3 is 0 Å². The van der Waals surface area contributed by atoms with E-state index in [9.17, 15) is 4.79 Å². The molecule has 0 bridgehead atoms. The van der Waals surface area contributed by atoms with E-state index in [1.807, 2.05) is 50.2 Å². The summed E-state index contributed by atoms with van der Waals surface area (Å²) in [6.07, 6.45) is 1.79. The number of thiocarbonyl (C=S) groups is 1. The lowest BCUT2D eigenvalue weighted by Gasteiger charge is -2.29. The lowest BCUT2D eigenvalue weighted by atomic mass is 9.96. The molecule has 6 nitrogen and oxygen atoms in total. The maximum absolute atomic E-state index is 12.1. The fourth-order valence-electron chi connectivity index (χ4n) is 4.08. The number of carbonyl (C=O) groups excluding carboxylic acids is 1. The van der Waals surface area contributed by atoms with Crippen LogP contribution >= 0.6 is 46.4 Å². The third-order valence-corrected chi connectivity index (χ3v) is 7.77. The maximum Gasteiger partial charge on any atom is 0.226 e. The number of nitrogens with zero attached hydrogens (tertiary/aromatic N) is 2. The molecule has 1 amide bonds. The molecule has 1 fully saturated rings. The molecule has 0 unspecified atom stereocenters. The van der Waals surface area contributed by atoms with Gasteiger partial charge in [0, 0.05) is 38.3 Å². The van der Waals surface area contributed by atoms with Crippen LogP contribution in [0.25, 0.3) is 0 Å². The third-order valence-electron chi connectivity index (χ3n) is 5.75. The first-order chi connectivity index (χ1) is 15.7. The van der Waals surface area contributed by atoms with E-state index in [2.05, 4.69) is 61.9 Å². The molecule has 1 aromatic carbocycles. The molecule has 4 rings (SSSR count). The topological polar surface area (TPSA) is 73.1 Å². The Morgan fingerprint density at radius 3 is 2.58 bits per heavy atom. The van der Waals surface area contributed by atoms with Crippen LogP contribution in [0.5, 0.6) is 0 Å². The first-order valence-electron chi connectivity index (χ1n) is 10.6. The molecule has 1 aliphatic heterocycles. The number of anilines is 2. The van der Waals surface area contributed by atoms with Crippen molar-refractivity contribution >= 4 is 68.8 Å². The second-order valence-electron chi connectivity index (χ2n) is 8.41. The van der Waals surface area contributed by atoms with Gasteiger partial charge in [0.2, 0.25) is 5.91 Å². The van der Waals surface area contributed by atoms with Gasteiger partial charge in [0.1, 0.15) is 0 Å². The Hall–Kier alpha value is -2.17. The molecule has 0 aliphatic carbocycles. The van der Waals surface area contributed by atoms with E-state index in [4.69, 9.17) is 23.8 Å². The van der Waals surface area contributed by atoms with Crippen LogP contribution in [-0.2, 0) is 4.79 Å². The predicted molar refractivity (Wildman–Crippen MR) is 146 cm³/mol. The molecule has 0 spiro atoms. The average Bonchev–Trinajstić information content (AvgIpc) is 3.24. The van der Waals surface area contributed by atoms with E-state index in [0.717, 1.165) is 22.8 Å². The zero-order valence-electron chi connectivity index (χ0n) is 18.7. The number of nitrogens with one attached hydrogen (secondary N) is 3. The van der Waals surface area contributed by atoms with Crippen LogP contribution in [0.2, 0.25) is 5.02 Å². The van der Waals surface area contributed by atoms with E-state index in [-0.39, 0.29) is 23.9 Å². The molecule has 3 N–H and O–H groups in total. The summed E-state index contributed by atoms with van der Waals surface area (Å²) in [5.41, 5.74) is 5.71. The maximum atomic E-state index is 12.1. The quantitative estimate of drug-likeness (QED) is 0.248. The summed E-state index contributed by atoms with van der Waals surface area (Å²) in [5.74, 6) is -0.217. The Balaban J connectivity index is 1.80. The molecule has 0 radical (unpaired) electrons. The highest BCUT2D eigenvalue weighted by Gasteiger charge is 2.43. The minimum absolute atomic E-state index is 0.0796. The van der Waals surface area contributed by atoms with E-state index >= 15 is 0 Å². The number of H-pyrrole nitrogens is 1. The molecular formula is C24H25ClIN5OS. The van der Waals surface area contributed by atoms with Crippen LogP contribution in [0.15, 0.2) is 42.6 Å². The van der Waals surface area contributed by atoms with Gasteiger partial charge in [-0.25, -0.2) is 0 Å². The second kappa shape index (κ2) is 9.60. The van der Waals surface area contributed by atoms with Gasteiger partial charge in [-0.2, -0.15) is 0 Å². The molecule has 1 aliphatic rings. The predicted octanol–water partition coefficient (Wildman–Crippen LogP) is 6.06. The molecule has 3 aromatic rings. The highest BCUT2D eigenvalue weighted by molar-refractivity contribution is 14.1. The van der Waals surface area contributed by atoms with Crippen molar-refractivity contribution < 1.29 is 4.79 Å². The Morgan fingerprint density at radius 1 is 1.24 bits per heavy atom. The summed E-state index contributed by atoms with van der Waals surface area (Å²) in [5, 5.41) is 7.42. The first kappa shape index (κ1) is 24.0. The second-order valence-corrected chi connectivity index (χ2v) is 10.3. The normalized spacial score (nSPS) is 18.0. The number of benzene rings is 1. The summed E-state index contributed by atoms with van der Waals surface area (Å²) in [7, 11) is 0. The van der Waals surface area contributed by atoms with Crippen molar-refractivity contribution in [3.05, 3.63) is 73.8 Å². The minimum Gasteiger partial charge on any atom is -0.362 e. The fourth-order valence-corrected chi connectivity index (χ4v) is 5.51. The fraction of sp³-hybridized carbons (Fsp3) is 0.292. The number of pyridine rings is 1. The SMILES string of the molecule is Cc1[nH]c(C)c([C@H]2[C@@H](c3ccccn3)NC(=S)N2c2ccc(NC(=O)C(C)C)c(Cl)c2)c1I. The highest BCUT2D eigenvalue weighted by atomic mass is 127. The van der Waals surface area contributed by atoms with Gasteiger partial charge in [-0.1, -0.05) is 31.5 Å². The van der Waals surface area contributed by atoms with Crippen molar-refractivity contribution in [1.82, 2.24) is 15.3 Å². The van der Waals surface area contributed by atoms with E-state index < -0.39 is 0 Å². The van der Waals surface area contributed by atoms with Crippen molar-refractivity contribution in [3.63, 3.8) is 0 Å². The van der Waals surface area contributed by atoms with Gasteiger partial charge in [0.05, 0.1) is 28.5 Å². The number of hydrogen-bond donors (Lipinski definition) is 3. The van der Waals surface area contributed by atoms with Gasteiger partial charge < -0.3 is 20.5 Å². The summed E-state index contributed by atoms with van der Waals surface area (Å²) in [4.78, 5) is 22.3. The molecule has 3 heterocycles. The van der Waals surface area contributed by atoms with E-state index in [0.29, 0.717) is 15.8 Å². The lowest BCUT2D eigenvalue weighted by Crippen LogP contribution is -2.30. The molecule has 2 atom stereocenters. The molecule has 1 saturated heterocycles. The van der Waals surface area contributed by atoms with Crippen LogP contribution < -0.4 is 15.5 Å². The number of rotatable bonds is 5.